The molecule has 1 aromatic heterocycles. The summed E-state index contributed by atoms with van der Waals surface area (Å²) in [5.74, 6) is -0.936. The van der Waals surface area contributed by atoms with Crippen molar-refractivity contribution in [1.29, 1.82) is 0 Å². The zero-order valence-electron chi connectivity index (χ0n) is 11.1. The lowest BCUT2D eigenvalue weighted by Crippen LogP contribution is -2.44. The van der Waals surface area contributed by atoms with Crippen LogP contribution in [0.3, 0.4) is 0 Å². The predicted octanol–water partition coefficient (Wildman–Crippen LogP) is 2.70. The van der Waals surface area contributed by atoms with Gasteiger partial charge in [0.1, 0.15) is 5.69 Å². The molecule has 5 nitrogen and oxygen atoms in total. The fourth-order valence-electron chi connectivity index (χ4n) is 2.54. The van der Waals surface area contributed by atoms with Gasteiger partial charge in [0, 0.05) is 29.7 Å². The van der Waals surface area contributed by atoms with Crippen LogP contribution in [0.4, 0.5) is 0 Å². The third-order valence-corrected chi connectivity index (χ3v) is 4.18. The van der Waals surface area contributed by atoms with E-state index in [0.717, 1.165) is 19.3 Å². The van der Waals surface area contributed by atoms with Crippen molar-refractivity contribution >= 4 is 27.8 Å². The van der Waals surface area contributed by atoms with Gasteiger partial charge in [-0.1, -0.05) is 0 Å². The number of rotatable bonds is 4. The van der Waals surface area contributed by atoms with Gasteiger partial charge in [-0.25, -0.2) is 4.98 Å². The van der Waals surface area contributed by atoms with Crippen molar-refractivity contribution in [2.24, 2.45) is 0 Å². The summed E-state index contributed by atoms with van der Waals surface area (Å²) < 4.78 is 0.674. The van der Waals surface area contributed by atoms with E-state index in [4.69, 9.17) is 5.11 Å². The number of carboxylic acid groups (broad SMARTS) is 1. The Hall–Kier alpha value is -1.43. The van der Waals surface area contributed by atoms with Gasteiger partial charge in [0.05, 0.1) is 0 Å². The van der Waals surface area contributed by atoms with Gasteiger partial charge >= 0.3 is 5.97 Å². The van der Waals surface area contributed by atoms with E-state index in [9.17, 15) is 9.59 Å². The number of hydrogen-bond acceptors (Lipinski definition) is 3. The van der Waals surface area contributed by atoms with Gasteiger partial charge in [-0.3, -0.25) is 9.59 Å². The molecule has 1 saturated heterocycles. The van der Waals surface area contributed by atoms with Gasteiger partial charge in [-0.2, -0.15) is 0 Å². The molecule has 0 bridgehead atoms. The van der Waals surface area contributed by atoms with Gasteiger partial charge < -0.3 is 10.0 Å². The van der Waals surface area contributed by atoms with E-state index >= 15 is 0 Å². The molecule has 0 spiro atoms. The van der Waals surface area contributed by atoms with Crippen molar-refractivity contribution in [3.63, 3.8) is 0 Å². The van der Waals surface area contributed by atoms with E-state index in [1.165, 1.54) is 0 Å². The second kappa shape index (κ2) is 6.83. The van der Waals surface area contributed by atoms with Gasteiger partial charge in [0.25, 0.3) is 5.91 Å². The third-order valence-electron chi connectivity index (χ3n) is 3.54. The zero-order chi connectivity index (χ0) is 14.5. The minimum absolute atomic E-state index is 0.00116. The normalized spacial score (nSPS) is 18.9. The van der Waals surface area contributed by atoms with E-state index in [1.807, 2.05) is 0 Å². The molecule has 0 radical (unpaired) electrons. The summed E-state index contributed by atoms with van der Waals surface area (Å²) >= 11 is 3.34. The van der Waals surface area contributed by atoms with Crippen LogP contribution in [0, 0.1) is 0 Å². The summed E-state index contributed by atoms with van der Waals surface area (Å²) in [4.78, 5) is 29.2. The van der Waals surface area contributed by atoms with Gasteiger partial charge in [-0.05, 0) is 53.7 Å². The van der Waals surface area contributed by atoms with Gasteiger partial charge in [0.15, 0.2) is 0 Å². The molecule has 1 atom stereocenters. The van der Waals surface area contributed by atoms with Crippen molar-refractivity contribution in [3.8, 4) is 0 Å². The molecule has 0 aromatic carbocycles. The molecule has 1 fully saturated rings. The average Bonchev–Trinajstić information content (AvgIpc) is 2.45. The van der Waals surface area contributed by atoms with Crippen molar-refractivity contribution in [2.45, 2.75) is 38.1 Å². The fourth-order valence-corrected chi connectivity index (χ4v) is 2.96. The van der Waals surface area contributed by atoms with Crippen LogP contribution in [0.5, 0.6) is 0 Å². The molecule has 0 saturated carbocycles. The lowest BCUT2D eigenvalue weighted by atomic mass is 9.97. The first-order valence-corrected chi connectivity index (χ1v) is 7.52. The number of carbonyl (C=O) groups excluding carboxylic acids is 1. The molecular formula is C14H17BrN2O3. The molecule has 1 N–H and O–H groups in total. The number of carbonyl (C=O) groups is 2. The van der Waals surface area contributed by atoms with Crippen molar-refractivity contribution in [3.05, 3.63) is 28.5 Å². The molecule has 108 valence electrons. The maximum absolute atomic E-state index is 12.6. The summed E-state index contributed by atoms with van der Waals surface area (Å²) in [7, 11) is 0. The van der Waals surface area contributed by atoms with E-state index < -0.39 is 5.97 Å². The first kappa shape index (κ1) is 15.0. The SMILES string of the molecule is O=C(O)CCC1CCCCN1C(=O)c1ncccc1Br. The van der Waals surface area contributed by atoms with Crippen LogP contribution in [-0.4, -0.2) is 39.5 Å². The van der Waals surface area contributed by atoms with E-state index in [2.05, 4.69) is 20.9 Å². The largest absolute Gasteiger partial charge is 0.481 e. The van der Waals surface area contributed by atoms with Crippen molar-refractivity contribution in [1.82, 2.24) is 9.88 Å². The van der Waals surface area contributed by atoms with Crippen LogP contribution in [-0.2, 0) is 4.79 Å². The van der Waals surface area contributed by atoms with E-state index in [0.29, 0.717) is 23.1 Å². The Morgan fingerprint density at radius 3 is 2.95 bits per heavy atom. The third kappa shape index (κ3) is 3.56. The molecule has 2 heterocycles. The maximum atomic E-state index is 12.6. The van der Waals surface area contributed by atoms with Crippen molar-refractivity contribution in [2.75, 3.05) is 6.54 Å². The minimum Gasteiger partial charge on any atom is -0.481 e. The standard InChI is InChI=1S/C14H17BrN2O3/c15-11-5-3-8-16-13(11)14(20)17-9-2-1-4-10(17)6-7-12(18)19/h3,5,8,10H,1-2,4,6-7,9H2,(H,18,19). The van der Waals surface area contributed by atoms with Crippen LogP contribution in [0.15, 0.2) is 22.8 Å². The first-order valence-electron chi connectivity index (χ1n) is 6.73. The summed E-state index contributed by atoms with van der Waals surface area (Å²) in [5.41, 5.74) is 0.398. The first-order chi connectivity index (χ1) is 9.59. The van der Waals surface area contributed by atoms with E-state index in [1.54, 1.807) is 23.2 Å². The number of nitrogens with zero attached hydrogens (tertiary/aromatic N) is 2. The van der Waals surface area contributed by atoms with Crippen LogP contribution < -0.4 is 0 Å². The van der Waals surface area contributed by atoms with Crippen LogP contribution in [0.2, 0.25) is 0 Å². The Balaban J connectivity index is 2.13. The summed E-state index contributed by atoms with van der Waals surface area (Å²) in [5, 5.41) is 8.81. The smallest absolute Gasteiger partial charge is 0.303 e. The number of likely N-dealkylation sites (tertiary alicyclic amines) is 1. The summed E-state index contributed by atoms with van der Waals surface area (Å²) in [6.07, 6.45) is 5.05. The Labute approximate surface area is 126 Å². The molecule has 1 unspecified atom stereocenters. The molecule has 1 aromatic rings. The minimum atomic E-state index is -0.818. The molecule has 1 aliphatic heterocycles. The topological polar surface area (TPSA) is 70.5 Å². The predicted molar refractivity (Wildman–Crippen MR) is 77.5 cm³/mol. The average molecular weight is 341 g/mol. The molecule has 0 aliphatic carbocycles. The summed E-state index contributed by atoms with van der Waals surface area (Å²) in [6.45, 7) is 0.673. The highest BCUT2D eigenvalue weighted by Crippen LogP contribution is 2.24. The quantitative estimate of drug-likeness (QED) is 0.914. The Morgan fingerprint density at radius 1 is 1.45 bits per heavy atom. The number of aliphatic carboxylic acids is 1. The number of aromatic nitrogens is 1. The Bertz CT molecular complexity index is 507. The van der Waals surface area contributed by atoms with Gasteiger partial charge in [-0.15, -0.1) is 0 Å². The molecule has 20 heavy (non-hydrogen) atoms. The van der Waals surface area contributed by atoms with E-state index in [-0.39, 0.29) is 18.4 Å². The molecule has 2 rings (SSSR count). The molecule has 1 aliphatic rings. The number of amides is 1. The molecule has 6 heteroatoms. The highest BCUT2D eigenvalue weighted by molar-refractivity contribution is 9.10. The Morgan fingerprint density at radius 2 is 2.25 bits per heavy atom. The number of halogens is 1. The lowest BCUT2D eigenvalue weighted by Gasteiger charge is -2.35. The van der Waals surface area contributed by atoms with Crippen LogP contribution >= 0.6 is 15.9 Å². The highest BCUT2D eigenvalue weighted by atomic mass is 79.9. The molecular weight excluding hydrogens is 324 g/mol. The number of hydrogen-bond donors (Lipinski definition) is 1. The lowest BCUT2D eigenvalue weighted by molar-refractivity contribution is -0.137. The highest BCUT2D eigenvalue weighted by Gasteiger charge is 2.29. The number of piperidine rings is 1. The maximum Gasteiger partial charge on any atom is 0.303 e. The second-order valence-corrected chi connectivity index (χ2v) is 5.77. The zero-order valence-corrected chi connectivity index (χ0v) is 12.7. The fraction of sp³-hybridized carbons (Fsp3) is 0.500. The number of carboxylic acids is 1. The second-order valence-electron chi connectivity index (χ2n) is 4.91. The van der Waals surface area contributed by atoms with Crippen LogP contribution in [0.1, 0.15) is 42.6 Å². The van der Waals surface area contributed by atoms with Crippen LogP contribution in [0.25, 0.3) is 0 Å². The Kier molecular flexibility index (Phi) is 5.11. The molecule has 1 amide bonds. The summed E-state index contributed by atoms with van der Waals surface area (Å²) in [6, 6.07) is 3.55. The van der Waals surface area contributed by atoms with Gasteiger partial charge in [0.2, 0.25) is 0 Å². The number of pyridine rings is 1. The monoisotopic (exact) mass is 340 g/mol. The van der Waals surface area contributed by atoms with Crippen molar-refractivity contribution < 1.29 is 14.7 Å².